The molecule has 0 aliphatic heterocycles. The van der Waals surface area contributed by atoms with Crippen molar-refractivity contribution in [3.05, 3.63) is 73.2 Å². The summed E-state index contributed by atoms with van der Waals surface area (Å²) in [6, 6.07) is 5.07. The van der Waals surface area contributed by atoms with Crippen LogP contribution in [0.1, 0.15) is 46.9 Å². The molecule has 0 radical (unpaired) electrons. The van der Waals surface area contributed by atoms with Gasteiger partial charge in [0.2, 0.25) is 11.4 Å². The number of H-pyrrole nitrogens is 1. The average Bonchev–Trinajstić information content (AvgIpc) is 3.13. The molecule has 170 valence electrons. The molecule has 10 nitrogen and oxygen atoms in total. The van der Waals surface area contributed by atoms with Crippen molar-refractivity contribution >= 4 is 22.8 Å². The number of pyridine rings is 2. The average molecular weight is 447 g/mol. The van der Waals surface area contributed by atoms with Gasteiger partial charge in [-0.25, -0.2) is 9.97 Å². The fraction of sp³-hybridized carbons (Fsp3) is 0.304. The van der Waals surface area contributed by atoms with Crippen LogP contribution in [0.5, 0.6) is 0 Å². The van der Waals surface area contributed by atoms with Crippen molar-refractivity contribution in [3.63, 3.8) is 0 Å². The van der Waals surface area contributed by atoms with E-state index in [1.807, 2.05) is 20.8 Å². The summed E-state index contributed by atoms with van der Waals surface area (Å²) in [5.41, 5.74) is 2.43. The summed E-state index contributed by atoms with van der Waals surface area (Å²) in [5.74, 6) is -0.119. The SMILES string of the molecule is CCc1c(C)nc(-n2nc(C)cc2NC(=O)c2cn(CC)c3nc(C)ccc3c2=O)[nH]c1=O. The number of amides is 1. The standard InChI is InChI=1S/C23H25N7O3/c1-6-15-14(5)25-23(27-21(15)32)30-18(10-13(4)28-30)26-22(33)17-11-29(7-2)20-16(19(17)31)9-8-12(3)24-20/h8-11H,6-7H2,1-5H3,(H,26,33)(H,25,27,32). The van der Waals surface area contributed by atoms with Crippen LogP contribution in [0.15, 0.2) is 34.0 Å². The van der Waals surface area contributed by atoms with Gasteiger partial charge in [0.05, 0.1) is 11.1 Å². The van der Waals surface area contributed by atoms with Crippen molar-refractivity contribution < 1.29 is 4.79 Å². The summed E-state index contributed by atoms with van der Waals surface area (Å²) in [5, 5.41) is 7.48. The molecule has 0 aromatic carbocycles. The molecule has 10 heteroatoms. The maximum Gasteiger partial charge on any atom is 0.262 e. The first-order valence-electron chi connectivity index (χ1n) is 10.7. The second-order valence-corrected chi connectivity index (χ2v) is 7.83. The van der Waals surface area contributed by atoms with E-state index in [-0.39, 0.29) is 22.9 Å². The summed E-state index contributed by atoms with van der Waals surface area (Å²) in [6.07, 6.45) is 2.07. The first kappa shape index (κ1) is 22.1. The van der Waals surface area contributed by atoms with E-state index >= 15 is 0 Å². The second-order valence-electron chi connectivity index (χ2n) is 7.83. The van der Waals surface area contributed by atoms with Crippen LogP contribution in [0.25, 0.3) is 17.0 Å². The molecule has 2 N–H and O–H groups in total. The monoisotopic (exact) mass is 447 g/mol. The Morgan fingerprint density at radius 3 is 2.52 bits per heavy atom. The Kier molecular flexibility index (Phi) is 5.67. The number of nitrogens with zero attached hydrogens (tertiary/aromatic N) is 5. The normalized spacial score (nSPS) is 11.2. The van der Waals surface area contributed by atoms with Gasteiger partial charge in [-0.2, -0.15) is 9.78 Å². The van der Waals surface area contributed by atoms with Crippen molar-refractivity contribution in [2.75, 3.05) is 5.32 Å². The molecule has 0 aliphatic rings. The molecule has 0 fully saturated rings. The Hall–Kier alpha value is -4.08. The molecule has 0 saturated heterocycles. The van der Waals surface area contributed by atoms with Crippen LogP contribution in [-0.4, -0.2) is 35.2 Å². The zero-order chi connectivity index (χ0) is 23.9. The number of aromatic amines is 1. The number of anilines is 1. The lowest BCUT2D eigenvalue weighted by atomic mass is 10.1. The molecular weight excluding hydrogens is 422 g/mol. The molecule has 4 heterocycles. The second kappa shape index (κ2) is 8.45. The van der Waals surface area contributed by atoms with Gasteiger partial charge in [-0.3, -0.25) is 19.4 Å². The fourth-order valence-corrected chi connectivity index (χ4v) is 3.81. The molecule has 0 bridgehead atoms. The Bertz CT molecular complexity index is 1510. The Morgan fingerprint density at radius 2 is 1.85 bits per heavy atom. The van der Waals surface area contributed by atoms with Gasteiger partial charge in [-0.05, 0) is 46.2 Å². The van der Waals surface area contributed by atoms with Gasteiger partial charge in [0.25, 0.3) is 11.5 Å². The van der Waals surface area contributed by atoms with Crippen LogP contribution >= 0.6 is 0 Å². The lowest BCUT2D eigenvalue weighted by Gasteiger charge is -2.12. The van der Waals surface area contributed by atoms with E-state index in [0.29, 0.717) is 41.0 Å². The minimum absolute atomic E-state index is 0.0145. The quantitative estimate of drug-likeness (QED) is 0.484. The summed E-state index contributed by atoms with van der Waals surface area (Å²) in [6.45, 7) is 9.69. The number of rotatable bonds is 5. The first-order chi connectivity index (χ1) is 15.7. The van der Waals surface area contributed by atoms with Crippen LogP contribution in [0.3, 0.4) is 0 Å². The first-order valence-corrected chi connectivity index (χ1v) is 10.7. The lowest BCUT2D eigenvalue weighted by Crippen LogP contribution is -2.26. The van der Waals surface area contributed by atoms with E-state index in [2.05, 4.69) is 25.4 Å². The Balaban J connectivity index is 1.78. The number of aromatic nitrogens is 6. The van der Waals surface area contributed by atoms with E-state index in [1.54, 1.807) is 36.6 Å². The minimum Gasteiger partial charge on any atom is -0.332 e. The van der Waals surface area contributed by atoms with E-state index in [1.165, 1.54) is 10.9 Å². The number of hydrogen-bond acceptors (Lipinski definition) is 6. The van der Waals surface area contributed by atoms with Crippen molar-refractivity contribution in [3.8, 4) is 5.95 Å². The number of carbonyl (C=O) groups is 1. The van der Waals surface area contributed by atoms with Crippen molar-refractivity contribution in [2.24, 2.45) is 0 Å². The molecule has 0 spiro atoms. The van der Waals surface area contributed by atoms with Crippen LogP contribution in [0.4, 0.5) is 5.82 Å². The van der Waals surface area contributed by atoms with Gasteiger partial charge >= 0.3 is 0 Å². The van der Waals surface area contributed by atoms with Crippen molar-refractivity contribution in [1.29, 1.82) is 0 Å². The van der Waals surface area contributed by atoms with E-state index in [0.717, 1.165) is 5.69 Å². The zero-order valence-corrected chi connectivity index (χ0v) is 19.2. The molecule has 4 aromatic rings. The number of carbonyl (C=O) groups excluding carboxylic acids is 1. The maximum absolute atomic E-state index is 13.2. The molecule has 0 atom stereocenters. The smallest absolute Gasteiger partial charge is 0.262 e. The summed E-state index contributed by atoms with van der Waals surface area (Å²) >= 11 is 0. The van der Waals surface area contributed by atoms with Crippen LogP contribution in [-0.2, 0) is 13.0 Å². The van der Waals surface area contributed by atoms with Gasteiger partial charge in [-0.1, -0.05) is 6.92 Å². The van der Waals surface area contributed by atoms with Crippen LogP contribution in [0.2, 0.25) is 0 Å². The molecule has 33 heavy (non-hydrogen) atoms. The fourth-order valence-electron chi connectivity index (χ4n) is 3.81. The highest BCUT2D eigenvalue weighted by molar-refractivity contribution is 6.05. The summed E-state index contributed by atoms with van der Waals surface area (Å²) in [7, 11) is 0. The van der Waals surface area contributed by atoms with Crippen molar-refractivity contribution in [2.45, 2.75) is 47.6 Å². The Labute approximate surface area is 189 Å². The maximum atomic E-state index is 13.2. The highest BCUT2D eigenvalue weighted by Gasteiger charge is 2.20. The third-order valence-electron chi connectivity index (χ3n) is 5.48. The highest BCUT2D eigenvalue weighted by atomic mass is 16.2. The third kappa shape index (κ3) is 3.95. The molecule has 0 saturated carbocycles. The number of aryl methyl sites for hydroxylation is 4. The number of hydrogen-bond donors (Lipinski definition) is 2. The molecular formula is C23H25N7O3. The van der Waals surface area contributed by atoms with Gasteiger partial charge in [0.15, 0.2) is 0 Å². The summed E-state index contributed by atoms with van der Waals surface area (Å²) < 4.78 is 3.12. The van der Waals surface area contributed by atoms with Crippen molar-refractivity contribution in [1.82, 2.24) is 29.3 Å². The zero-order valence-electron chi connectivity index (χ0n) is 19.2. The highest BCUT2D eigenvalue weighted by Crippen LogP contribution is 2.17. The number of nitrogens with one attached hydrogen (secondary N) is 2. The lowest BCUT2D eigenvalue weighted by molar-refractivity contribution is 0.102. The predicted molar refractivity (Wildman–Crippen MR) is 125 cm³/mol. The van der Waals surface area contributed by atoms with E-state index < -0.39 is 11.3 Å². The van der Waals surface area contributed by atoms with Crippen LogP contribution in [0, 0.1) is 20.8 Å². The van der Waals surface area contributed by atoms with Gasteiger partial charge in [0.1, 0.15) is 17.0 Å². The topological polar surface area (TPSA) is 128 Å². The molecule has 1 amide bonds. The molecule has 4 rings (SSSR count). The van der Waals surface area contributed by atoms with Gasteiger partial charge < -0.3 is 9.88 Å². The van der Waals surface area contributed by atoms with E-state index in [4.69, 9.17) is 0 Å². The minimum atomic E-state index is -0.588. The molecule has 0 unspecified atom stereocenters. The predicted octanol–water partition coefficient (Wildman–Crippen LogP) is 2.43. The molecule has 4 aromatic heterocycles. The van der Waals surface area contributed by atoms with E-state index in [9.17, 15) is 14.4 Å². The van der Waals surface area contributed by atoms with Gasteiger partial charge in [-0.15, -0.1) is 0 Å². The largest absolute Gasteiger partial charge is 0.332 e. The third-order valence-corrected chi connectivity index (χ3v) is 5.48. The Morgan fingerprint density at radius 1 is 1.09 bits per heavy atom. The van der Waals surface area contributed by atoms with Gasteiger partial charge in [0, 0.05) is 35.8 Å². The van der Waals surface area contributed by atoms with Crippen LogP contribution < -0.4 is 16.3 Å². The molecule has 0 aliphatic carbocycles. The number of fused-ring (bicyclic) bond motifs is 1. The summed E-state index contributed by atoms with van der Waals surface area (Å²) in [4.78, 5) is 50.3.